The van der Waals surface area contributed by atoms with Gasteiger partial charge < -0.3 is 9.30 Å². The van der Waals surface area contributed by atoms with Crippen molar-refractivity contribution in [2.75, 3.05) is 7.11 Å². The van der Waals surface area contributed by atoms with Gasteiger partial charge in [0, 0.05) is 29.3 Å². The fourth-order valence-electron chi connectivity index (χ4n) is 3.07. The van der Waals surface area contributed by atoms with Gasteiger partial charge in [-0.25, -0.2) is 4.98 Å². The summed E-state index contributed by atoms with van der Waals surface area (Å²) in [5.41, 5.74) is 3.92. The number of fused-ring (bicyclic) bond motifs is 1. The first-order valence-corrected chi connectivity index (χ1v) is 7.71. The Morgan fingerprint density at radius 3 is 2.61 bits per heavy atom. The number of aldehydes is 1. The van der Waals surface area contributed by atoms with Crippen LogP contribution in [-0.2, 0) is 6.54 Å². The zero-order valence-electron chi connectivity index (χ0n) is 13.6. The summed E-state index contributed by atoms with van der Waals surface area (Å²) in [5, 5.41) is 0.895. The van der Waals surface area contributed by atoms with Crippen LogP contribution in [-0.4, -0.2) is 22.9 Å². The molecule has 2 heterocycles. The Labute approximate surface area is 135 Å². The molecule has 3 rings (SSSR count). The van der Waals surface area contributed by atoms with Crippen molar-refractivity contribution >= 4 is 17.2 Å². The van der Waals surface area contributed by atoms with E-state index in [1.807, 2.05) is 24.3 Å². The van der Waals surface area contributed by atoms with Crippen molar-refractivity contribution in [2.45, 2.75) is 26.3 Å². The SMILES string of the molecule is COc1cc2c(C=O)c(C(C)C)n(Cc3ccccc3)c2cn1. The number of benzene rings is 1. The Kier molecular flexibility index (Phi) is 4.15. The molecule has 0 aliphatic rings. The van der Waals surface area contributed by atoms with Crippen LogP contribution in [0.25, 0.3) is 10.9 Å². The molecule has 0 aliphatic carbocycles. The molecule has 118 valence electrons. The molecule has 2 aromatic heterocycles. The number of nitrogens with zero attached hydrogens (tertiary/aromatic N) is 2. The Morgan fingerprint density at radius 1 is 1.26 bits per heavy atom. The highest BCUT2D eigenvalue weighted by molar-refractivity contribution is 5.99. The van der Waals surface area contributed by atoms with Crippen LogP contribution in [0, 0.1) is 0 Å². The lowest BCUT2D eigenvalue weighted by molar-refractivity contribution is 0.112. The van der Waals surface area contributed by atoms with E-state index in [0.29, 0.717) is 12.4 Å². The third kappa shape index (κ3) is 2.72. The van der Waals surface area contributed by atoms with E-state index in [0.717, 1.165) is 28.4 Å². The van der Waals surface area contributed by atoms with Crippen molar-refractivity contribution in [1.29, 1.82) is 0 Å². The standard InChI is InChI=1S/C19H20N2O2/c1-13(2)19-16(12-22)15-9-18(23-3)20-10-17(15)21(19)11-14-7-5-4-6-8-14/h4-10,12-13H,11H2,1-3H3. The molecular weight excluding hydrogens is 288 g/mol. The number of ether oxygens (including phenoxy) is 1. The molecule has 0 aliphatic heterocycles. The molecule has 0 unspecified atom stereocenters. The van der Waals surface area contributed by atoms with E-state index in [4.69, 9.17) is 4.74 Å². The van der Waals surface area contributed by atoms with E-state index in [1.54, 1.807) is 13.3 Å². The largest absolute Gasteiger partial charge is 0.481 e. The number of aromatic nitrogens is 2. The minimum Gasteiger partial charge on any atom is -0.481 e. The van der Waals surface area contributed by atoms with Crippen LogP contribution in [0.1, 0.15) is 41.4 Å². The number of hydrogen-bond donors (Lipinski definition) is 0. The molecule has 23 heavy (non-hydrogen) atoms. The van der Waals surface area contributed by atoms with Crippen molar-refractivity contribution in [2.24, 2.45) is 0 Å². The third-order valence-corrected chi connectivity index (χ3v) is 4.06. The fraction of sp³-hybridized carbons (Fsp3) is 0.263. The highest BCUT2D eigenvalue weighted by Crippen LogP contribution is 2.32. The van der Waals surface area contributed by atoms with Gasteiger partial charge in [-0.2, -0.15) is 0 Å². The van der Waals surface area contributed by atoms with Crippen molar-refractivity contribution in [3.05, 3.63) is 59.4 Å². The van der Waals surface area contributed by atoms with E-state index >= 15 is 0 Å². The van der Waals surface area contributed by atoms with E-state index < -0.39 is 0 Å². The second-order valence-corrected chi connectivity index (χ2v) is 5.89. The molecule has 0 saturated carbocycles. The Morgan fingerprint density at radius 2 is 2.00 bits per heavy atom. The van der Waals surface area contributed by atoms with Crippen LogP contribution in [0.15, 0.2) is 42.6 Å². The third-order valence-electron chi connectivity index (χ3n) is 4.06. The summed E-state index contributed by atoms with van der Waals surface area (Å²) in [6.07, 6.45) is 2.73. The van der Waals surface area contributed by atoms with Gasteiger partial charge in [-0.3, -0.25) is 4.79 Å². The average Bonchev–Trinajstić information content (AvgIpc) is 2.88. The molecule has 0 atom stereocenters. The summed E-state index contributed by atoms with van der Waals surface area (Å²) in [7, 11) is 1.58. The zero-order chi connectivity index (χ0) is 16.4. The molecule has 4 nitrogen and oxygen atoms in total. The number of carbonyl (C=O) groups excluding carboxylic acids is 1. The van der Waals surface area contributed by atoms with Gasteiger partial charge in [-0.05, 0) is 11.5 Å². The van der Waals surface area contributed by atoms with Gasteiger partial charge in [-0.15, -0.1) is 0 Å². The summed E-state index contributed by atoms with van der Waals surface area (Å²) >= 11 is 0. The van der Waals surface area contributed by atoms with Gasteiger partial charge in [0.15, 0.2) is 6.29 Å². The molecule has 0 fully saturated rings. The predicted molar refractivity (Wildman–Crippen MR) is 91.3 cm³/mol. The Hall–Kier alpha value is -2.62. The summed E-state index contributed by atoms with van der Waals surface area (Å²) in [6, 6.07) is 12.1. The smallest absolute Gasteiger partial charge is 0.213 e. The maximum absolute atomic E-state index is 11.7. The van der Waals surface area contributed by atoms with Gasteiger partial charge in [0.1, 0.15) is 0 Å². The number of pyridine rings is 1. The maximum atomic E-state index is 11.7. The minimum absolute atomic E-state index is 0.234. The van der Waals surface area contributed by atoms with E-state index in [-0.39, 0.29) is 5.92 Å². The molecule has 0 saturated heterocycles. The second-order valence-electron chi connectivity index (χ2n) is 5.89. The quantitative estimate of drug-likeness (QED) is 0.668. The molecule has 0 amide bonds. The monoisotopic (exact) mass is 308 g/mol. The zero-order valence-corrected chi connectivity index (χ0v) is 13.6. The van der Waals surface area contributed by atoms with Crippen LogP contribution < -0.4 is 4.74 Å². The van der Waals surface area contributed by atoms with E-state index in [2.05, 4.69) is 35.5 Å². The van der Waals surface area contributed by atoms with Crippen molar-refractivity contribution < 1.29 is 9.53 Å². The first-order chi connectivity index (χ1) is 11.2. The van der Waals surface area contributed by atoms with Crippen molar-refractivity contribution in [3.8, 4) is 5.88 Å². The van der Waals surface area contributed by atoms with Crippen molar-refractivity contribution in [1.82, 2.24) is 9.55 Å². The first kappa shape index (κ1) is 15.3. The molecule has 0 spiro atoms. The molecule has 1 aromatic carbocycles. The van der Waals surface area contributed by atoms with Gasteiger partial charge in [0.2, 0.25) is 5.88 Å². The first-order valence-electron chi connectivity index (χ1n) is 7.71. The van der Waals surface area contributed by atoms with Crippen LogP contribution in [0.2, 0.25) is 0 Å². The highest BCUT2D eigenvalue weighted by atomic mass is 16.5. The normalized spacial score (nSPS) is 11.1. The highest BCUT2D eigenvalue weighted by Gasteiger charge is 2.20. The summed E-state index contributed by atoms with van der Waals surface area (Å²) in [4.78, 5) is 16.1. The predicted octanol–water partition coefficient (Wildman–Crippen LogP) is 4.03. The van der Waals surface area contributed by atoms with Gasteiger partial charge in [0.05, 0.1) is 18.8 Å². The lowest BCUT2D eigenvalue weighted by Crippen LogP contribution is -2.07. The molecule has 0 bridgehead atoms. The topological polar surface area (TPSA) is 44.1 Å². The van der Waals surface area contributed by atoms with Crippen LogP contribution >= 0.6 is 0 Å². The number of hydrogen-bond acceptors (Lipinski definition) is 3. The average molecular weight is 308 g/mol. The van der Waals surface area contributed by atoms with E-state index in [9.17, 15) is 4.79 Å². The number of rotatable bonds is 5. The van der Waals surface area contributed by atoms with E-state index in [1.165, 1.54) is 5.56 Å². The number of methoxy groups -OCH3 is 1. The summed E-state index contributed by atoms with van der Waals surface area (Å²) in [5.74, 6) is 0.755. The van der Waals surface area contributed by atoms with Gasteiger partial charge in [-0.1, -0.05) is 44.2 Å². The summed E-state index contributed by atoms with van der Waals surface area (Å²) in [6.45, 7) is 4.92. The lowest BCUT2D eigenvalue weighted by atomic mass is 10.0. The molecule has 0 N–H and O–H groups in total. The van der Waals surface area contributed by atoms with Gasteiger partial charge in [0.25, 0.3) is 0 Å². The lowest BCUT2D eigenvalue weighted by Gasteiger charge is -2.14. The minimum atomic E-state index is 0.234. The molecule has 3 aromatic rings. The van der Waals surface area contributed by atoms with Crippen LogP contribution in [0.3, 0.4) is 0 Å². The summed E-state index contributed by atoms with van der Waals surface area (Å²) < 4.78 is 7.40. The Balaban J connectivity index is 2.25. The van der Waals surface area contributed by atoms with Crippen molar-refractivity contribution in [3.63, 3.8) is 0 Å². The maximum Gasteiger partial charge on any atom is 0.213 e. The second kappa shape index (κ2) is 6.24. The Bertz CT molecular complexity index is 835. The molecular formula is C19H20N2O2. The fourth-order valence-corrected chi connectivity index (χ4v) is 3.07. The van der Waals surface area contributed by atoms with Crippen LogP contribution in [0.5, 0.6) is 5.88 Å². The molecule has 0 radical (unpaired) electrons. The van der Waals surface area contributed by atoms with Crippen LogP contribution in [0.4, 0.5) is 0 Å². The number of carbonyl (C=O) groups is 1. The molecule has 4 heteroatoms. The van der Waals surface area contributed by atoms with Gasteiger partial charge >= 0.3 is 0 Å².